The van der Waals surface area contributed by atoms with Crippen LogP contribution in [0.3, 0.4) is 0 Å². The number of benzene rings is 1. The van der Waals surface area contributed by atoms with Crippen molar-refractivity contribution < 1.29 is 13.5 Å². The summed E-state index contributed by atoms with van der Waals surface area (Å²) in [5.74, 6) is 0.187. The van der Waals surface area contributed by atoms with E-state index in [1.807, 2.05) is 5.38 Å². The maximum Gasteiger partial charge on any atom is 0.387 e. The topological polar surface area (TPSA) is 21.3 Å². The van der Waals surface area contributed by atoms with E-state index < -0.39 is 6.61 Å². The van der Waals surface area contributed by atoms with E-state index >= 15 is 0 Å². The van der Waals surface area contributed by atoms with Gasteiger partial charge in [-0.2, -0.15) is 20.1 Å². The molecule has 18 heavy (non-hydrogen) atoms. The number of ether oxygens (including phenoxy) is 1. The second-order valence-corrected chi connectivity index (χ2v) is 4.54. The minimum atomic E-state index is -2.77. The van der Waals surface area contributed by atoms with Gasteiger partial charge in [0.05, 0.1) is 0 Å². The first-order valence-electron chi connectivity index (χ1n) is 5.49. The normalized spacial score (nSPS) is 10.8. The highest BCUT2D eigenvalue weighted by molar-refractivity contribution is 7.07. The number of rotatable bonds is 6. The first-order valence-corrected chi connectivity index (χ1v) is 6.44. The predicted octanol–water partition coefficient (Wildman–Crippen LogP) is 3.64. The third kappa shape index (κ3) is 4.09. The van der Waals surface area contributed by atoms with Crippen molar-refractivity contribution in [3.05, 3.63) is 52.2 Å². The van der Waals surface area contributed by atoms with Gasteiger partial charge < -0.3 is 10.1 Å². The summed E-state index contributed by atoms with van der Waals surface area (Å²) in [6, 6.07) is 8.72. The molecule has 0 unspecified atom stereocenters. The minimum Gasteiger partial charge on any atom is -0.435 e. The van der Waals surface area contributed by atoms with Crippen LogP contribution in [-0.2, 0) is 13.1 Å². The molecular formula is C13H13F2NOS. The molecule has 0 saturated carbocycles. The highest BCUT2D eigenvalue weighted by atomic mass is 32.1. The molecular weight excluding hydrogens is 256 g/mol. The second-order valence-electron chi connectivity index (χ2n) is 3.76. The van der Waals surface area contributed by atoms with Crippen molar-refractivity contribution in [1.82, 2.24) is 5.32 Å². The first-order chi connectivity index (χ1) is 8.74. The van der Waals surface area contributed by atoms with Crippen LogP contribution in [0, 0.1) is 0 Å². The van der Waals surface area contributed by atoms with Crippen molar-refractivity contribution in [2.75, 3.05) is 0 Å². The molecule has 0 bridgehead atoms. The zero-order chi connectivity index (χ0) is 12.8. The third-order valence-electron chi connectivity index (χ3n) is 2.39. The van der Waals surface area contributed by atoms with E-state index in [2.05, 4.69) is 21.5 Å². The Labute approximate surface area is 108 Å². The fourth-order valence-corrected chi connectivity index (χ4v) is 2.20. The lowest BCUT2D eigenvalue weighted by atomic mass is 10.2. The monoisotopic (exact) mass is 269 g/mol. The van der Waals surface area contributed by atoms with Gasteiger partial charge in [-0.3, -0.25) is 0 Å². The van der Waals surface area contributed by atoms with Crippen LogP contribution in [0.1, 0.15) is 11.1 Å². The van der Waals surface area contributed by atoms with E-state index in [1.54, 1.807) is 35.6 Å². The summed E-state index contributed by atoms with van der Waals surface area (Å²) in [4.78, 5) is 0. The molecule has 2 rings (SSSR count). The van der Waals surface area contributed by atoms with Crippen molar-refractivity contribution in [3.8, 4) is 5.75 Å². The van der Waals surface area contributed by atoms with E-state index in [9.17, 15) is 8.78 Å². The molecule has 2 aromatic rings. The van der Waals surface area contributed by atoms with Gasteiger partial charge in [0.15, 0.2) is 0 Å². The average molecular weight is 269 g/mol. The van der Waals surface area contributed by atoms with Crippen LogP contribution >= 0.6 is 11.3 Å². The van der Waals surface area contributed by atoms with Crippen molar-refractivity contribution in [2.24, 2.45) is 0 Å². The third-order valence-corrected chi connectivity index (χ3v) is 3.12. The Balaban J connectivity index is 1.79. The van der Waals surface area contributed by atoms with Crippen LogP contribution in [-0.4, -0.2) is 6.61 Å². The maximum absolute atomic E-state index is 11.9. The molecule has 1 aromatic heterocycles. The molecule has 0 fully saturated rings. The number of hydrogen-bond acceptors (Lipinski definition) is 3. The number of alkyl halides is 2. The molecule has 0 aliphatic rings. The van der Waals surface area contributed by atoms with Crippen LogP contribution < -0.4 is 10.1 Å². The number of hydrogen-bond donors (Lipinski definition) is 1. The zero-order valence-corrected chi connectivity index (χ0v) is 10.4. The minimum absolute atomic E-state index is 0.187. The molecule has 0 amide bonds. The van der Waals surface area contributed by atoms with Gasteiger partial charge in [-0.25, -0.2) is 0 Å². The van der Waals surface area contributed by atoms with Crippen LogP contribution in [0.4, 0.5) is 8.78 Å². The number of halogens is 2. The Kier molecular flexibility index (Phi) is 4.66. The molecule has 2 nitrogen and oxygen atoms in total. The molecule has 1 aromatic carbocycles. The summed E-state index contributed by atoms with van der Waals surface area (Å²) in [5, 5.41) is 7.41. The van der Waals surface area contributed by atoms with E-state index in [4.69, 9.17) is 0 Å². The Morgan fingerprint density at radius 3 is 2.39 bits per heavy atom. The molecule has 0 radical (unpaired) electrons. The highest BCUT2D eigenvalue weighted by Gasteiger charge is 2.03. The summed E-state index contributed by atoms with van der Waals surface area (Å²) in [7, 11) is 0. The molecule has 0 atom stereocenters. The van der Waals surface area contributed by atoms with Crippen molar-refractivity contribution in [1.29, 1.82) is 0 Å². The molecule has 0 saturated heterocycles. The SMILES string of the molecule is FC(F)Oc1ccc(CNCc2ccsc2)cc1. The van der Waals surface area contributed by atoms with E-state index in [-0.39, 0.29) is 5.75 Å². The van der Waals surface area contributed by atoms with Gasteiger partial charge in [0, 0.05) is 13.1 Å². The quantitative estimate of drug-likeness (QED) is 0.864. The molecule has 0 spiro atoms. The Morgan fingerprint density at radius 1 is 1.06 bits per heavy atom. The van der Waals surface area contributed by atoms with Crippen LogP contribution in [0.2, 0.25) is 0 Å². The molecule has 96 valence electrons. The van der Waals surface area contributed by atoms with Gasteiger partial charge in [-0.05, 0) is 40.1 Å². The Bertz CT molecular complexity index is 456. The van der Waals surface area contributed by atoms with Gasteiger partial charge in [0.25, 0.3) is 0 Å². The zero-order valence-electron chi connectivity index (χ0n) is 9.61. The number of nitrogens with one attached hydrogen (secondary N) is 1. The van der Waals surface area contributed by atoms with Crippen LogP contribution in [0.15, 0.2) is 41.1 Å². The second kappa shape index (κ2) is 6.47. The Morgan fingerprint density at radius 2 is 1.78 bits per heavy atom. The number of thiophene rings is 1. The van der Waals surface area contributed by atoms with Crippen molar-refractivity contribution >= 4 is 11.3 Å². The summed E-state index contributed by atoms with van der Waals surface area (Å²) < 4.78 is 28.2. The molecule has 5 heteroatoms. The van der Waals surface area contributed by atoms with Crippen molar-refractivity contribution in [2.45, 2.75) is 19.7 Å². The largest absolute Gasteiger partial charge is 0.435 e. The lowest BCUT2D eigenvalue weighted by Gasteiger charge is -2.06. The van der Waals surface area contributed by atoms with Crippen molar-refractivity contribution in [3.63, 3.8) is 0 Å². The van der Waals surface area contributed by atoms with E-state index in [0.717, 1.165) is 12.1 Å². The smallest absolute Gasteiger partial charge is 0.387 e. The van der Waals surface area contributed by atoms with Crippen LogP contribution in [0.5, 0.6) is 5.75 Å². The molecule has 1 N–H and O–H groups in total. The summed E-state index contributed by atoms with van der Waals surface area (Å²) in [6.07, 6.45) is 0. The summed E-state index contributed by atoms with van der Waals surface area (Å²) in [5.41, 5.74) is 2.28. The maximum atomic E-state index is 11.9. The first kappa shape index (κ1) is 13.0. The van der Waals surface area contributed by atoms with E-state index in [0.29, 0.717) is 6.54 Å². The van der Waals surface area contributed by atoms with Gasteiger partial charge in [0.2, 0.25) is 0 Å². The van der Waals surface area contributed by atoms with Gasteiger partial charge in [-0.15, -0.1) is 0 Å². The Hall–Kier alpha value is -1.46. The average Bonchev–Trinajstić information content (AvgIpc) is 2.84. The highest BCUT2D eigenvalue weighted by Crippen LogP contribution is 2.15. The lowest BCUT2D eigenvalue weighted by molar-refractivity contribution is -0.0498. The molecule has 0 aliphatic carbocycles. The molecule has 1 heterocycles. The van der Waals surface area contributed by atoms with Crippen LogP contribution in [0.25, 0.3) is 0 Å². The van der Waals surface area contributed by atoms with E-state index in [1.165, 1.54) is 5.56 Å². The summed E-state index contributed by atoms with van der Waals surface area (Å²) >= 11 is 1.67. The fourth-order valence-electron chi connectivity index (χ4n) is 1.53. The predicted molar refractivity (Wildman–Crippen MR) is 67.9 cm³/mol. The summed E-state index contributed by atoms with van der Waals surface area (Å²) in [6.45, 7) is -1.27. The fraction of sp³-hybridized carbons (Fsp3) is 0.231. The standard InChI is InChI=1S/C13H13F2NOS/c14-13(15)17-12-3-1-10(2-4-12)7-16-8-11-5-6-18-9-11/h1-6,9,13,16H,7-8H2. The lowest BCUT2D eigenvalue weighted by Crippen LogP contribution is -2.12. The van der Waals surface area contributed by atoms with Gasteiger partial charge in [-0.1, -0.05) is 12.1 Å². The molecule has 0 aliphatic heterocycles. The van der Waals surface area contributed by atoms with Gasteiger partial charge >= 0.3 is 6.61 Å². The van der Waals surface area contributed by atoms with Gasteiger partial charge in [0.1, 0.15) is 5.75 Å².